The Morgan fingerprint density at radius 2 is 2.15 bits per heavy atom. The Kier molecular flexibility index (Phi) is 3.58. The third-order valence-corrected chi connectivity index (χ3v) is 3.57. The molecule has 2 aromatic rings. The summed E-state index contributed by atoms with van der Waals surface area (Å²) in [6.45, 7) is 1.80. The van der Waals surface area contributed by atoms with Crippen molar-refractivity contribution in [2.45, 2.75) is 45.1 Å². The molecular formula is C15H18N2O3. The van der Waals surface area contributed by atoms with Crippen LogP contribution >= 0.6 is 0 Å². The van der Waals surface area contributed by atoms with Crippen molar-refractivity contribution >= 4 is 22.9 Å². The molecule has 1 aromatic carbocycles. The minimum atomic E-state index is -0.392. The van der Waals surface area contributed by atoms with Crippen LogP contribution in [-0.2, 0) is 4.74 Å². The molecule has 3 rings (SSSR count). The number of nitrogens with zero attached hydrogens (tertiary/aromatic N) is 1. The molecular weight excluding hydrogens is 256 g/mol. The SMILES string of the molecule is Cc1nc2cc(NC(=O)OC3CCCCC3)ccc2o1. The summed E-state index contributed by atoms with van der Waals surface area (Å²) in [4.78, 5) is 16.1. The molecule has 0 saturated heterocycles. The number of hydrogen-bond acceptors (Lipinski definition) is 4. The quantitative estimate of drug-likeness (QED) is 0.898. The molecule has 20 heavy (non-hydrogen) atoms. The van der Waals surface area contributed by atoms with E-state index in [1.807, 2.05) is 0 Å². The van der Waals surface area contributed by atoms with Gasteiger partial charge in [0.25, 0.3) is 0 Å². The number of aromatic nitrogens is 1. The Bertz CT molecular complexity index is 615. The second-order valence-corrected chi connectivity index (χ2v) is 5.21. The molecule has 0 bridgehead atoms. The zero-order valence-corrected chi connectivity index (χ0v) is 11.5. The van der Waals surface area contributed by atoms with Crippen molar-refractivity contribution in [3.63, 3.8) is 0 Å². The van der Waals surface area contributed by atoms with Crippen molar-refractivity contribution in [1.29, 1.82) is 0 Å². The van der Waals surface area contributed by atoms with E-state index in [-0.39, 0.29) is 6.10 Å². The fraction of sp³-hybridized carbons (Fsp3) is 0.467. The van der Waals surface area contributed by atoms with Gasteiger partial charge >= 0.3 is 6.09 Å². The lowest BCUT2D eigenvalue weighted by Gasteiger charge is -2.21. The molecule has 0 aliphatic heterocycles. The van der Waals surface area contributed by atoms with Crippen LogP contribution in [0.5, 0.6) is 0 Å². The number of ether oxygens (including phenoxy) is 1. The van der Waals surface area contributed by atoms with Gasteiger partial charge in [-0.1, -0.05) is 6.42 Å². The number of amides is 1. The highest BCUT2D eigenvalue weighted by atomic mass is 16.6. The van der Waals surface area contributed by atoms with Gasteiger partial charge in [-0.15, -0.1) is 0 Å². The van der Waals surface area contributed by atoms with Gasteiger partial charge in [-0.05, 0) is 43.9 Å². The van der Waals surface area contributed by atoms with Gasteiger partial charge in [-0.25, -0.2) is 9.78 Å². The highest BCUT2D eigenvalue weighted by Gasteiger charge is 2.17. The molecule has 5 heteroatoms. The fourth-order valence-electron chi connectivity index (χ4n) is 2.60. The summed E-state index contributed by atoms with van der Waals surface area (Å²) in [5.41, 5.74) is 2.12. The van der Waals surface area contributed by atoms with Crippen molar-refractivity contribution in [1.82, 2.24) is 4.98 Å². The lowest BCUT2D eigenvalue weighted by atomic mass is 9.98. The first-order chi connectivity index (χ1) is 9.70. The number of aryl methyl sites for hydroxylation is 1. The summed E-state index contributed by atoms with van der Waals surface area (Å²) in [5, 5.41) is 2.75. The molecule has 1 N–H and O–H groups in total. The standard InChI is InChI=1S/C15H18N2O3/c1-10-16-13-9-11(7-8-14(13)19-10)17-15(18)20-12-5-3-2-4-6-12/h7-9,12H,2-6H2,1H3,(H,17,18). The number of hydrogen-bond donors (Lipinski definition) is 1. The van der Waals surface area contributed by atoms with E-state index in [2.05, 4.69) is 10.3 Å². The van der Waals surface area contributed by atoms with Gasteiger partial charge in [0.2, 0.25) is 0 Å². The predicted octanol–water partition coefficient (Wildman–Crippen LogP) is 4.02. The van der Waals surface area contributed by atoms with Crippen LogP contribution in [-0.4, -0.2) is 17.2 Å². The number of anilines is 1. The summed E-state index contributed by atoms with van der Waals surface area (Å²) in [6.07, 6.45) is 5.12. The molecule has 0 atom stereocenters. The summed E-state index contributed by atoms with van der Waals surface area (Å²) >= 11 is 0. The van der Waals surface area contributed by atoms with Crippen LogP contribution < -0.4 is 5.32 Å². The molecule has 5 nitrogen and oxygen atoms in total. The van der Waals surface area contributed by atoms with E-state index in [9.17, 15) is 4.79 Å². The van der Waals surface area contributed by atoms with Gasteiger partial charge in [0.1, 0.15) is 11.6 Å². The molecule has 1 heterocycles. The first-order valence-corrected chi connectivity index (χ1v) is 7.05. The van der Waals surface area contributed by atoms with E-state index >= 15 is 0 Å². The minimum Gasteiger partial charge on any atom is -0.446 e. The van der Waals surface area contributed by atoms with E-state index in [1.165, 1.54) is 6.42 Å². The molecule has 0 spiro atoms. The van der Waals surface area contributed by atoms with E-state index < -0.39 is 6.09 Å². The molecule has 1 fully saturated rings. The maximum absolute atomic E-state index is 11.8. The van der Waals surface area contributed by atoms with E-state index in [4.69, 9.17) is 9.15 Å². The van der Waals surface area contributed by atoms with E-state index in [0.29, 0.717) is 17.2 Å². The maximum atomic E-state index is 11.8. The summed E-state index contributed by atoms with van der Waals surface area (Å²) in [5.74, 6) is 0.613. The van der Waals surface area contributed by atoms with Crippen molar-refractivity contribution < 1.29 is 13.9 Å². The number of benzene rings is 1. The zero-order chi connectivity index (χ0) is 13.9. The summed E-state index contributed by atoms with van der Waals surface area (Å²) in [6, 6.07) is 5.37. The Balaban J connectivity index is 1.64. The number of carbonyl (C=O) groups is 1. The van der Waals surface area contributed by atoms with Crippen LogP contribution in [0.1, 0.15) is 38.0 Å². The highest BCUT2D eigenvalue weighted by Crippen LogP contribution is 2.22. The van der Waals surface area contributed by atoms with Crippen LogP contribution in [0.25, 0.3) is 11.1 Å². The van der Waals surface area contributed by atoms with Crippen LogP contribution in [0, 0.1) is 6.92 Å². The third kappa shape index (κ3) is 2.92. The Morgan fingerprint density at radius 1 is 1.35 bits per heavy atom. The fourth-order valence-corrected chi connectivity index (χ4v) is 2.60. The van der Waals surface area contributed by atoms with Crippen molar-refractivity contribution in [2.24, 2.45) is 0 Å². The van der Waals surface area contributed by atoms with Crippen LogP contribution in [0.2, 0.25) is 0 Å². The van der Waals surface area contributed by atoms with Crippen LogP contribution in [0.4, 0.5) is 10.5 Å². The molecule has 1 aliphatic carbocycles. The molecule has 0 radical (unpaired) electrons. The first kappa shape index (κ1) is 13.0. The minimum absolute atomic E-state index is 0.0572. The molecule has 106 valence electrons. The molecule has 1 amide bonds. The number of fused-ring (bicyclic) bond motifs is 1. The summed E-state index contributed by atoms with van der Waals surface area (Å²) < 4.78 is 10.8. The monoisotopic (exact) mass is 274 g/mol. The number of oxazole rings is 1. The number of carbonyl (C=O) groups excluding carboxylic acids is 1. The molecule has 1 aromatic heterocycles. The smallest absolute Gasteiger partial charge is 0.411 e. The van der Waals surface area contributed by atoms with Crippen molar-refractivity contribution in [3.05, 3.63) is 24.1 Å². The largest absolute Gasteiger partial charge is 0.446 e. The number of rotatable bonds is 2. The molecule has 1 aliphatic rings. The average molecular weight is 274 g/mol. The lowest BCUT2D eigenvalue weighted by molar-refractivity contribution is 0.0865. The molecule has 0 unspecified atom stereocenters. The zero-order valence-electron chi connectivity index (χ0n) is 11.5. The van der Waals surface area contributed by atoms with Gasteiger partial charge in [-0.3, -0.25) is 5.32 Å². The average Bonchev–Trinajstić information content (AvgIpc) is 2.79. The Hall–Kier alpha value is -2.04. The van der Waals surface area contributed by atoms with E-state index in [1.54, 1.807) is 25.1 Å². The van der Waals surface area contributed by atoms with Gasteiger partial charge in [0, 0.05) is 12.6 Å². The third-order valence-electron chi connectivity index (χ3n) is 3.57. The highest BCUT2D eigenvalue weighted by molar-refractivity contribution is 5.88. The van der Waals surface area contributed by atoms with E-state index in [0.717, 1.165) is 31.2 Å². The summed E-state index contributed by atoms with van der Waals surface area (Å²) in [7, 11) is 0. The van der Waals surface area contributed by atoms with Crippen molar-refractivity contribution in [3.8, 4) is 0 Å². The van der Waals surface area contributed by atoms with Gasteiger partial charge in [0.05, 0.1) is 0 Å². The lowest BCUT2D eigenvalue weighted by Crippen LogP contribution is -2.24. The van der Waals surface area contributed by atoms with Gasteiger partial charge < -0.3 is 9.15 Å². The van der Waals surface area contributed by atoms with Crippen LogP contribution in [0.3, 0.4) is 0 Å². The van der Waals surface area contributed by atoms with Crippen LogP contribution in [0.15, 0.2) is 22.6 Å². The normalized spacial score (nSPS) is 16.2. The number of nitrogens with one attached hydrogen (secondary N) is 1. The topological polar surface area (TPSA) is 64.4 Å². The second-order valence-electron chi connectivity index (χ2n) is 5.21. The van der Waals surface area contributed by atoms with Gasteiger partial charge in [0.15, 0.2) is 11.5 Å². The predicted molar refractivity (Wildman–Crippen MR) is 75.7 cm³/mol. The van der Waals surface area contributed by atoms with Crippen molar-refractivity contribution in [2.75, 3.05) is 5.32 Å². The first-order valence-electron chi connectivity index (χ1n) is 7.05. The Labute approximate surface area is 117 Å². The Morgan fingerprint density at radius 3 is 2.95 bits per heavy atom. The molecule has 1 saturated carbocycles. The van der Waals surface area contributed by atoms with Gasteiger partial charge in [-0.2, -0.15) is 0 Å². The maximum Gasteiger partial charge on any atom is 0.411 e. The second kappa shape index (κ2) is 5.53.